The Morgan fingerprint density at radius 1 is 1.12 bits per heavy atom. The number of carbonyl (C=O) groups is 2. The van der Waals surface area contributed by atoms with E-state index < -0.39 is 30.0 Å². The van der Waals surface area contributed by atoms with Gasteiger partial charge < -0.3 is 10.6 Å². The predicted molar refractivity (Wildman–Crippen MR) is 84.7 cm³/mol. The van der Waals surface area contributed by atoms with Gasteiger partial charge in [-0.15, -0.1) is 0 Å². The molecule has 1 aromatic rings. The van der Waals surface area contributed by atoms with E-state index in [1.807, 2.05) is 0 Å². The minimum absolute atomic E-state index is 0.0240. The number of benzene rings is 1. The van der Waals surface area contributed by atoms with E-state index in [0.29, 0.717) is 0 Å². The zero-order valence-corrected chi connectivity index (χ0v) is 13.6. The van der Waals surface area contributed by atoms with Crippen molar-refractivity contribution >= 4 is 29.1 Å². The monoisotopic (exact) mass is 362 g/mol. The van der Waals surface area contributed by atoms with E-state index in [1.54, 1.807) is 0 Å². The third-order valence-corrected chi connectivity index (χ3v) is 4.19. The lowest BCUT2D eigenvalue weighted by Gasteiger charge is -2.22. The molecule has 0 spiro atoms. The number of hydrogen-bond acceptors (Lipinski definition) is 2. The molecule has 4 nitrogen and oxygen atoms in total. The van der Waals surface area contributed by atoms with Crippen molar-refractivity contribution in [1.82, 2.24) is 5.32 Å². The standard InChI is InChI=1S/C16H18ClF3N2O2/c17-12-7-6-10(16(18,19)20)8-13(12)22-15(24)9-14(23)21-11-4-2-1-3-5-11/h6-8,11H,1-5,9H2,(H,21,23)(H,22,24). The van der Waals surface area contributed by atoms with Crippen LogP contribution in [-0.2, 0) is 15.8 Å². The summed E-state index contributed by atoms with van der Waals surface area (Å²) in [7, 11) is 0. The molecule has 0 aromatic heterocycles. The summed E-state index contributed by atoms with van der Waals surface area (Å²) in [6, 6.07) is 2.70. The Balaban J connectivity index is 1.93. The SMILES string of the molecule is O=C(CC(=O)NC1CCCCC1)Nc1cc(C(F)(F)F)ccc1Cl. The molecule has 0 atom stereocenters. The van der Waals surface area contributed by atoms with Gasteiger partial charge in [-0.25, -0.2) is 0 Å². The van der Waals surface area contributed by atoms with Gasteiger partial charge in [0.25, 0.3) is 0 Å². The van der Waals surface area contributed by atoms with Crippen molar-refractivity contribution in [2.45, 2.75) is 50.7 Å². The van der Waals surface area contributed by atoms with Gasteiger partial charge in [-0.3, -0.25) is 9.59 Å². The molecule has 2 rings (SSSR count). The average Bonchev–Trinajstić information content (AvgIpc) is 2.49. The van der Waals surface area contributed by atoms with Crippen LogP contribution in [-0.4, -0.2) is 17.9 Å². The maximum atomic E-state index is 12.7. The van der Waals surface area contributed by atoms with Crippen LogP contribution >= 0.6 is 11.6 Å². The second kappa shape index (κ2) is 7.88. The molecule has 1 saturated carbocycles. The first kappa shape index (κ1) is 18.6. The highest BCUT2D eigenvalue weighted by Gasteiger charge is 2.31. The van der Waals surface area contributed by atoms with E-state index in [-0.39, 0.29) is 16.8 Å². The highest BCUT2D eigenvalue weighted by Crippen LogP contribution is 2.33. The van der Waals surface area contributed by atoms with Crippen molar-refractivity contribution in [3.05, 3.63) is 28.8 Å². The first-order chi connectivity index (χ1) is 11.3. The van der Waals surface area contributed by atoms with Crippen LogP contribution in [0.4, 0.5) is 18.9 Å². The number of carbonyl (C=O) groups excluding carboxylic acids is 2. The molecule has 8 heteroatoms. The molecule has 1 fully saturated rings. The largest absolute Gasteiger partial charge is 0.416 e. The fourth-order valence-corrected chi connectivity index (χ4v) is 2.83. The van der Waals surface area contributed by atoms with E-state index in [0.717, 1.165) is 50.3 Å². The van der Waals surface area contributed by atoms with Gasteiger partial charge in [-0.2, -0.15) is 13.2 Å². The zero-order valence-electron chi connectivity index (χ0n) is 12.9. The Morgan fingerprint density at radius 3 is 2.42 bits per heavy atom. The van der Waals surface area contributed by atoms with Crippen LogP contribution in [0.25, 0.3) is 0 Å². The Hall–Kier alpha value is -1.76. The van der Waals surface area contributed by atoms with Gasteiger partial charge in [-0.1, -0.05) is 30.9 Å². The van der Waals surface area contributed by atoms with Crippen LogP contribution in [0.3, 0.4) is 0 Å². The molecule has 132 valence electrons. The average molecular weight is 363 g/mol. The van der Waals surface area contributed by atoms with Crippen molar-refractivity contribution < 1.29 is 22.8 Å². The lowest BCUT2D eigenvalue weighted by atomic mass is 9.95. The minimum atomic E-state index is -4.54. The van der Waals surface area contributed by atoms with Crippen molar-refractivity contribution in [2.75, 3.05) is 5.32 Å². The van der Waals surface area contributed by atoms with Crippen LogP contribution in [0, 0.1) is 0 Å². The smallest absolute Gasteiger partial charge is 0.353 e. The fourth-order valence-electron chi connectivity index (χ4n) is 2.66. The van der Waals surface area contributed by atoms with Gasteiger partial charge >= 0.3 is 6.18 Å². The molecular formula is C16H18ClF3N2O2. The molecular weight excluding hydrogens is 345 g/mol. The molecule has 24 heavy (non-hydrogen) atoms. The summed E-state index contributed by atoms with van der Waals surface area (Å²) in [5.41, 5.74) is -1.09. The van der Waals surface area contributed by atoms with Crippen molar-refractivity contribution in [3.8, 4) is 0 Å². The second-order valence-electron chi connectivity index (χ2n) is 5.82. The highest BCUT2D eigenvalue weighted by atomic mass is 35.5. The molecule has 0 radical (unpaired) electrons. The van der Waals surface area contributed by atoms with Crippen LogP contribution in [0.15, 0.2) is 18.2 Å². The molecule has 1 aliphatic carbocycles. The van der Waals surface area contributed by atoms with Crippen molar-refractivity contribution in [1.29, 1.82) is 0 Å². The molecule has 1 aromatic carbocycles. The summed E-state index contributed by atoms with van der Waals surface area (Å²) < 4.78 is 38.1. The van der Waals surface area contributed by atoms with E-state index in [4.69, 9.17) is 11.6 Å². The highest BCUT2D eigenvalue weighted by molar-refractivity contribution is 6.33. The van der Waals surface area contributed by atoms with Crippen LogP contribution in [0.1, 0.15) is 44.1 Å². The van der Waals surface area contributed by atoms with Gasteiger partial charge in [0.2, 0.25) is 11.8 Å². The summed E-state index contributed by atoms with van der Waals surface area (Å²) in [6.07, 6.45) is -0.0139. The molecule has 0 heterocycles. The summed E-state index contributed by atoms with van der Waals surface area (Å²) in [5.74, 6) is -1.15. The third kappa shape index (κ3) is 5.40. The molecule has 0 unspecified atom stereocenters. The van der Waals surface area contributed by atoms with Crippen LogP contribution < -0.4 is 10.6 Å². The molecule has 0 saturated heterocycles. The van der Waals surface area contributed by atoms with Gasteiger partial charge in [0.05, 0.1) is 16.3 Å². The second-order valence-corrected chi connectivity index (χ2v) is 6.23. The Labute approximate surface area is 142 Å². The van der Waals surface area contributed by atoms with Gasteiger partial charge in [-0.05, 0) is 31.0 Å². The molecule has 0 aliphatic heterocycles. The normalized spacial score (nSPS) is 15.8. The predicted octanol–water partition coefficient (Wildman–Crippen LogP) is 4.14. The number of nitrogens with one attached hydrogen (secondary N) is 2. The number of hydrogen-bond donors (Lipinski definition) is 2. The topological polar surface area (TPSA) is 58.2 Å². The van der Waals surface area contributed by atoms with Gasteiger partial charge in [0, 0.05) is 6.04 Å². The first-order valence-electron chi connectivity index (χ1n) is 7.71. The third-order valence-electron chi connectivity index (χ3n) is 3.86. The van der Waals surface area contributed by atoms with Crippen LogP contribution in [0.2, 0.25) is 5.02 Å². The molecule has 0 bridgehead atoms. The number of halogens is 4. The van der Waals surface area contributed by atoms with E-state index in [9.17, 15) is 22.8 Å². The lowest BCUT2D eigenvalue weighted by Crippen LogP contribution is -2.37. The summed E-state index contributed by atoms with van der Waals surface area (Å²) >= 11 is 5.80. The number of rotatable bonds is 4. The van der Waals surface area contributed by atoms with E-state index in [1.165, 1.54) is 0 Å². The lowest BCUT2D eigenvalue weighted by molar-refractivity contribution is -0.137. The van der Waals surface area contributed by atoms with E-state index in [2.05, 4.69) is 10.6 Å². The van der Waals surface area contributed by atoms with Crippen LogP contribution in [0.5, 0.6) is 0 Å². The van der Waals surface area contributed by atoms with Crippen molar-refractivity contribution in [3.63, 3.8) is 0 Å². The van der Waals surface area contributed by atoms with Gasteiger partial charge in [0.15, 0.2) is 0 Å². The Kier molecular flexibility index (Phi) is 6.10. The van der Waals surface area contributed by atoms with Crippen molar-refractivity contribution in [2.24, 2.45) is 0 Å². The maximum absolute atomic E-state index is 12.7. The number of amides is 2. The molecule has 1 aliphatic rings. The van der Waals surface area contributed by atoms with Gasteiger partial charge in [0.1, 0.15) is 6.42 Å². The quantitative estimate of drug-likeness (QED) is 0.791. The molecule has 2 N–H and O–H groups in total. The molecule has 2 amide bonds. The first-order valence-corrected chi connectivity index (χ1v) is 8.09. The minimum Gasteiger partial charge on any atom is -0.353 e. The summed E-state index contributed by atoms with van der Waals surface area (Å²) in [4.78, 5) is 23.7. The Morgan fingerprint density at radius 2 is 1.79 bits per heavy atom. The zero-order chi connectivity index (χ0) is 17.7. The van der Waals surface area contributed by atoms with E-state index >= 15 is 0 Å². The summed E-state index contributed by atoms with van der Waals surface area (Å²) in [6.45, 7) is 0. The fraction of sp³-hybridized carbons (Fsp3) is 0.500. The summed E-state index contributed by atoms with van der Waals surface area (Å²) in [5, 5.41) is 5.01. The number of alkyl halides is 3. The maximum Gasteiger partial charge on any atom is 0.416 e. The Bertz CT molecular complexity index is 614. The number of anilines is 1.